The fourth-order valence-corrected chi connectivity index (χ4v) is 1.31. The van der Waals surface area contributed by atoms with Crippen molar-refractivity contribution < 1.29 is 20.1 Å². The van der Waals surface area contributed by atoms with E-state index in [4.69, 9.17) is 9.84 Å². The zero-order valence-corrected chi connectivity index (χ0v) is 6.47. The topological polar surface area (TPSA) is 69.9 Å². The average molecular weight is 162 g/mol. The highest BCUT2D eigenvalue weighted by atomic mass is 16.6. The fraction of sp³-hybridized carbons (Fsp3) is 1.00. The minimum Gasteiger partial charge on any atom is -0.394 e. The molecule has 4 nitrogen and oxygen atoms in total. The van der Waals surface area contributed by atoms with Crippen molar-refractivity contribution in [1.82, 2.24) is 0 Å². The normalized spacial score (nSPS) is 44.7. The Labute approximate surface area is 65.4 Å². The van der Waals surface area contributed by atoms with E-state index in [-0.39, 0.29) is 12.7 Å². The van der Waals surface area contributed by atoms with E-state index in [0.29, 0.717) is 6.42 Å². The number of hydrogen-bond acceptors (Lipinski definition) is 4. The van der Waals surface area contributed by atoms with E-state index in [1.807, 2.05) is 6.92 Å². The van der Waals surface area contributed by atoms with E-state index in [0.717, 1.165) is 0 Å². The summed E-state index contributed by atoms with van der Waals surface area (Å²) >= 11 is 0. The number of hydrogen-bond donors (Lipinski definition) is 3. The third-order valence-electron chi connectivity index (χ3n) is 2.04. The SMILES string of the molecule is CCC1O[C@H](CO)[C@@H](O)[C@H]1O. The zero-order valence-electron chi connectivity index (χ0n) is 6.47. The molecule has 0 saturated carbocycles. The maximum absolute atomic E-state index is 9.27. The van der Waals surface area contributed by atoms with Crippen molar-refractivity contribution in [2.24, 2.45) is 0 Å². The van der Waals surface area contributed by atoms with Crippen LogP contribution in [0.4, 0.5) is 0 Å². The second-order valence-corrected chi connectivity index (χ2v) is 2.78. The molecule has 4 atom stereocenters. The van der Waals surface area contributed by atoms with E-state index in [1.54, 1.807) is 0 Å². The standard InChI is InChI=1S/C7H14O4/c1-2-4-6(9)7(10)5(3-8)11-4/h4-10H,2-3H2,1H3/t4?,5-,6+,7-/m1/s1. The van der Waals surface area contributed by atoms with Crippen LogP contribution in [0.25, 0.3) is 0 Å². The summed E-state index contributed by atoms with van der Waals surface area (Å²) in [6.45, 7) is 1.62. The molecule has 0 aromatic heterocycles. The minimum atomic E-state index is -0.940. The van der Waals surface area contributed by atoms with Gasteiger partial charge in [-0.15, -0.1) is 0 Å². The van der Waals surface area contributed by atoms with E-state index in [2.05, 4.69) is 0 Å². The van der Waals surface area contributed by atoms with Crippen LogP contribution in [0.5, 0.6) is 0 Å². The maximum atomic E-state index is 9.27. The third kappa shape index (κ3) is 1.54. The summed E-state index contributed by atoms with van der Waals surface area (Å²) in [7, 11) is 0. The van der Waals surface area contributed by atoms with Crippen molar-refractivity contribution in [2.75, 3.05) is 6.61 Å². The van der Waals surface area contributed by atoms with Gasteiger partial charge in [0.1, 0.15) is 18.3 Å². The smallest absolute Gasteiger partial charge is 0.111 e. The molecule has 1 saturated heterocycles. The van der Waals surface area contributed by atoms with Crippen molar-refractivity contribution in [3.8, 4) is 0 Å². The lowest BCUT2D eigenvalue weighted by atomic mass is 10.1. The molecule has 1 fully saturated rings. The Kier molecular flexibility index (Phi) is 2.84. The Bertz CT molecular complexity index is 110. The summed E-state index contributed by atoms with van der Waals surface area (Å²) in [4.78, 5) is 0. The van der Waals surface area contributed by atoms with Gasteiger partial charge in [0.25, 0.3) is 0 Å². The Balaban J connectivity index is 2.53. The Morgan fingerprint density at radius 1 is 1.18 bits per heavy atom. The summed E-state index contributed by atoms with van der Waals surface area (Å²) in [5.74, 6) is 0. The van der Waals surface area contributed by atoms with Crippen LogP contribution in [-0.2, 0) is 4.74 Å². The van der Waals surface area contributed by atoms with Gasteiger partial charge in [-0.1, -0.05) is 6.92 Å². The Hall–Kier alpha value is -0.160. The van der Waals surface area contributed by atoms with Gasteiger partial charge in [0.05, 0.1) is 12.7 Å². The Morgan fingerprint density at radius 2 is 1.73 bits per heavy atom. The monoisotopic (exact) mass is 162 g/mol. The second kappa shape index (κ2) is 3.49. The summed E-state index contributed by atoms with van der Waals surface area (Å²) in [5, 5.41) is 27.2. The number of aliphatic hydroxyl groups excluding tert-OH is 3. The average Bonchev–Trinajstić information content (AvgIpc) is 2.30. The van der Waals surface area contributed by atoms with Gasteiger partial charge >= 0.3 is 0 Å². The van der Waals surface area contributed by atoms with Crippen LogP contribution < -0.4 is 0 Å². The van der Waals surface area contributed by atoms with Crippen molar-refractivity contribution >= 4 is 0 Å². The highest BCUT2D eigenvalue weighted by molar-refractivity contribution is 4.89. The highest BCUT2D eigenvalue weighted by Gasteiger charge is 2.40. The highest BCUT2D eigenvalue weighted by Crippen LogP contribution is 2.22. The van der Waals surface area contributed by atoms with Crippen LogP contribution in [0.3, 0.4) is 0 Å². The van der Waals surface area contributed by atoms with Gasteiger partial charge in [-0.25, -0.2) is 0 Å². The van der Waals surface area contributed by atoms with E-state index < -0.39 is 18.3 Å². The largest absolute Gasteiger partial charge is 0.394 e. The van der Waals surface area contributed by atoms with Crippen molar-refractivity contribution in [1.29, 1.82) is 0 Å². The van der Waals surface area contributed by atoms with Gasteiger partial charge < -0.3 is 20.1 Å². The van der Waals surface area contributed by atoms with Crippen LogP contribution in [0.2, 0.25) is 0 Å². The minimum absolute atomic E-state index is 0.241. The van der Waals surface area contributed by atoms with E-state index in [1.165, 1.54) is 0 Å². The third-order valence-corrected chi connectivity index (χ3v) is 2.04. The van der Waals surface area contributed by atoms with Gasteiger partial charge in [0.2, 0.25) is 0 Å². The first-order chi connectivity index (χ1) is 5.20. The molecule has 1 rings (SSSR count). The predicted molar refractivity (Wildman–Crippen MR) is 38.1 cm³/mol. The van der Waals surface area contributed by atoms with Crippen LogP contribution in [-0.4, -0.2) is 46.3 Å². The molecule has 1 unspecified atom stereocenters. The molecule has 0 aliphatic carbocycles. The Morgan fingerprint density at radius 3 is 2.00 bits per heavy atom. The predicted octanol–water partition coefficient (Wildman–Crippen LogP) is -1.12. The molecule has 1 aliphatic heterocycles. The summed E-state index contributed by atoms with van der Waals surface area (Å²) in [5.41, 5.74) is 0. The lowest BCUT2D eigenvalue weighted by molar-refractivity contribution is -0.0226. The van der Waals surface area contributed by atoms with Gasteiger partial charge in [0, 0.05) is 0 Å². The van der Waals surface area contributed by atoms with Crippen molar-refractivity contribution in [3.05, 3.63) is 0 Å². The lowest BCUT2D eigenvalue weighted by Gasteiger charge is -2.11. The van der Waals surface area contributed by atoms with E-state index >= 15 is 0 Å². The first-order valence-electron chi connectivity index (χ1n) is 3.83. The van der Waals surface area contributed by atoms with Crippen molar-refractivity contribution in [2.45, 2.75) is 37.8 Å². The summed E-state index contributed by atoms with van der Waals surface area (Å²) in [6.07, 6.45) is -2.09. The maximum Gasteiger partial charge on any atom is 0.111 e. The zero-order chi connectivity index (χ0) is 8.43. The second-order valence-electron chi connectivity index (χ2n) is 2.78. The van der Waals surface area contributed by atoms with Crippen LogP contribution >= 0.6 is 0 Å². The molecule has 3 N–H and O–H groups in total. The summed E-state index contributed by atoms with van der Waals surface area (Å²) < 4.78 is 5.13. The number of aliphatic hydroxyl groups is 3. The molecule has 1 heterocycles. The quantitative estimate of drug-likeness (QED) is 0.481. The molecule has 0 radical (unpaired) electrons. The molecule has 0 amide bonds. The first kappa shape index (κ1) is 8.93. The van der Waals surface area contributed by atoms with Crippen LogP contribution in [0.1, 0.15) is 13.3 Å². The van der Waals surface area contributed by atoms with Gasteiger partial charge in [-0.2, -0.15) is 0 Å². The van der Waals surface area contributed by atoms with Crippen molar-refractivity contribution in [3.63, 3.8) is 0 Å². The molecule has 11 heavy (non-hydrogen) atoms. The van der Waals surface area contributed by atoms with Crippen LogP contribution in [0.15, 0.2) is 0 Å². The van der Waals surface area contributed by atoms with E-state index in [9.17, 15) is 10.2 Å². The summed E-state index contributed by atoms with van der Waals surface area (Å²) in [6, 6.07) is 0. The molecule has 1 aliphatic rings. The number of rotatable bonds is 2. The molecular formula is C7H14O4. The van der Waals surface area contributed by atoms with Crippen LogP contribution in [0, 0.1) is 0 Å². The molecule has 0 aromatic rings. The van der Waals surface area contributed by atoms with Gasteiger partial charge in [0.15, 0.2) is 0 Å². The molecular weight excluding hydrogens is 148 g/mol. The molecule has 66 valence electrons. The van der Waals surface area contributed by atoms with Gasteiger partial charge in [-0.3, -0.25) is 0 Å². The van der Waals surface area contributed by atoms with Gasteiger partial charge in [-0.05, 0) is 6.42 Å². The molecule has 0 aromatic carbocycles. The first-order valence-corrected chi connectivity index (χ1v) is 3.83. The number of ether oxygens (including phenoxy) is 1. The molecule has 0 spiro atoms. The molecule has 4 heteroatoms. The fourth-order valence-electron chi connectivity index (χ4n) is 1.31. The lowest BCUT2D eigenvalue weighted by Crippen LogP contribution is -2.33. The molecule has 0 bridgehead atoms.